The van der Waals surface area contributed by atoms with Gasteiger partial charge >= 0.3 is 0 Å². The molecule has 148 valence electrons. The van der Waals surface area contributed by atoms with Crippen LogP contribution in [0, 0.1) is 0 Å². The van der Waals surface area contributed by atoms with Crippen molar-refractivity contribution in [1.29, 1.82) is 0 Å². The number of carbonyl (C=O) groups is 1. The molecule has 0 aliphatic heterocycles. The van der Waals surface area contributed by atoms with E-state index in [9.17, 15) is 4.79 Å². The fourth-order valence-electron chi connectivity index (χ4n) is 3.28. The molecular formula is C23H43ClO. The Kier molecular flexibility index (Phi) is 21.5. The molecule has 0 aromatic carbocycles. The van der Waals surface area contributed by atoms with Gasteiger partial charge in [-0.1, -0.05) is 122 Å². The standard InChI is InChI=1S/C23H43ClO/c1-2-3-4-5-6-7-8-9-10-11-12-13-14-15-16-17-18-19-20-21-22-23(24)25/h20-21H,2-19,22H2,1H3/b21-20+. The number of rotatable bonds is 20. The summed E-state index contributed by atoms with van der Waals surface area (Å²) in [5.74, 6) is 0. The summed E-state index contributed by atoms with van der Waals surface area (Å²) >= 11 is 5.27. The summed E-state index contributed by atoms with van der Waals surface area (Å²) in [4.78, 5) is 10.5. The number of halogens is 1. The summed E-state index contributed by atoms with van der Waals surface area (Å²) in [6, 6.07) is 0. The number of unbranched alkanes of at least 4 members (excludes halogenated alkanes) is 17. The Bertz CT molecular complexity index is 298. The first-order valence-corrected chi connectivity index (χ1v) is 11.5. The fourth-order valence-corrected chi connectivity index (χ4v) is 3.37. The lowest BCUT2D eigenvalue weighted by molar-refractivity contribution is -0.110. The van der Waals surface area contributed by atoms with Gasteiger partial charge in [0.05, 0.1) is 0 Å². The monoisotopic (exact) mass is 370 g/mol. The van der Waals surface area contributed by atoms with E-state index in [0.29, 0.717) is 6.42 Å². The lowest BCUT2D eigenvalue weighted by Crippen LogP contribution is -1.84. The molecule has 0 saturated carbocycles. The summed E-state index contributed by atoms with van der Waals surface area (Å²) in [6.07, 6.45) is 29.4. The molecule has 0 unspecified atom stereocenters. The van der Waals surface area contributed by atoms with Crippen molar-refractivity contribution >= 4 is 16.8 Å². The van der Waals surface area contributed by atoms with Gasteiger partial charge in [-0.15, -0.1) is 0 Å². The fraction of sp³-hybridized carbons (Fsp3) is 0.870. The first-order chi connectivity index (χ1) is 12.3. The zero-order valence-corrected chi connectivity index (χ0v) is 17.6. The van der Waals surface area contributed by atoms with Gasteiger partial charge < -0.3 is 0 Å². The Morgan fingerprint density at radius 2 is 0.960 bits per heavy atom. The summed E-state index contributed by atoms with van der Waals surface area (Å²) in [5.41, 5.74) is 0. The molecule has 0 heterocycles. The van der Waals surface area contributed by atoms with Crippen molar-refractivity contribution < 1.29 is 4.79 Å². The Balaban J connectivity index is 3.03. The average Bonchev–Trinajstić information content (AvgIpc) is 2.60. The predicted molar refractivity (Wildman–Crippen MR) is 113 cm³/mol. The van der Waals surface area contributed by atoms with Crippen LogP contribution in [0.5, 0.6) is 0 Å². The van der Waals surface area contributed by atoms with E-state index in [4.69, 9.17) is 11.6 Å². The van der Waals surface area contributed by atoms with Gasteiger partial charge in [-0.3, -0.25) is 4.79 Å². The van der Waals surface area contributed by atoms with E-state index in [1.54, 1.807) is 0 Å². The third kappa shape index (κ3) is 23.7. The van der Waals surface area contributed by atoms with Crippen LogP contribution in [0.1, 0.15) is 129 Å². The summed E-state index contributed by atoms with van der Waals surface area (Å²) < 4.78 is 0. The van der Waals surface area contributed by atoms with E-state index in [0.717, 1.165) is 6.42 Å². The van der Waals surface area contributed by atoms with Gasteiger partial charge in [0.1, 0.15) is 0 Å². The molecule has 0 aromatic heterocycles. The number of allylic oxidation sites excluding steroid dienone is 2. The average molecular weight is 371 g/mol. The molecular weight excluding hydrogens is 328 g/mol. The largest absolute Gasteiger partial charge is 0.281 e. The van der Waals surface area contributed by atoms with Crippen molar-refractivity contribution in [3.8, 4) is 0 Å². The molecule has 25 heavy (non-hydrogen) atoms. The molecule has 1 nitrogen and oxygen atoms in total. The van der Waals surface area contributed by atoms with Crippen LogP contribution >= 0.6 is 11.6 Å². The minimum absolute atomic E-state index is 0.265. The van der Waals surface area contributed by atoms with Crippen molar-refractivity contribution in [3.05, 3.63) is 12.2 Å². The molecule has 2 heteroatoms. The van der Waals surface area contributed by atoms with Gasteiger partial charge in [-0.25, -0.2) is 0 Å². The van der Waals surface area contributed by atoms with Gasteiger partial charge in [0.25, 0.3) is 0 Å². The highest BCUT2D eigenvalue weighted by Crippen LogP contribution is 2.14. The molecule has 0 aromatic rings. The van der Waals surface area contributed by atoms with Crippen LogP contribution in [-0.4, -0.2) is 5.24 Å². The van der Waals surface area contributed by atoms with Crippen LogP contribution in [0.2, 0.25) is 0 Å². The van der Waals surface area contributed by atoms with Gasteiger partial charge in [0, 0.05) is 6.42 Å². The lowest BCUT2D eigenvalue weighted by atomic mass is 10.0. The number of carbonyl (C=O) groups excluding carboxylic acids is 1. The minimum Gasteiger partial charge on any atom is -0.281 e. The molecule has 0 aliphatic carbocycles. The second kappa shape index (κ2) is 21.7. The van der Waals surface area contributed by atoms with E-state index < -0.39 is 0 Å². The zero-order chi connectivity index (χ0) is 18.4. The van der Waals surface area contributed by atoms with Crippen LogP contribution in [-0.2, 0) is 4.79 Å². The van der Waals surface area contributed by atoms with E-state index >= 15 is 0 Å². The number of hydrogen-bond donors (Lipinski definition) is 0. The van der Waals surface area contributed by atoms with Crippen LogP contribution in [0.25, 0.3) is 0 Å². The van der Waals surface area contributed by atoms with Gasteiger partial charge in [-0.2, -0.15) is 0 Å². The van der Waals surface area contributed by atoms with Crippen molar-refractivity contribution in [2.24, 2.45) is 0 Å². The third-order valence-electron chi connectivity index (χ3n) is 4.92. The molecule has 0 saturated heterocycles. The lowest BCUT2D eigenvalue weighted by Gasteiger charge is -2.03. The summed E-state index contributed by atoms with van der Waals surface area (Å²) in [7, 11) is 0. The first-order valence-electron chi connectivity index (χ1n) is 11.1. The number of hydrogen-bond acceptors (Lipinski definition) is 1. The Morgan fingerprint density at radius 3 is 1.32 bits per heavy atom. The molecule has 0 atom stereocenters. The van der Waals surface area contributed by atoms with Gasteiger partial charge in [-0.05, 0) is 24.4 Å². The highest BCUT2D eigenvalue weighted by molar-refractivity contribution is 6.63. The SMILES string of the molecule is CCCCCCCCCCCCCCCCCCC/C=C/CC(=O)Cl. The molecule has 0 bridgehead atoms. The van der Waals surface area contributed by atoms with Crippen LogP contribution in [0.3, 0.4) is 0 Å². The Morgan fingerprint density at radius 1 is 0.600 bits per heavy atom. The predicted octanol–water partition coefficient (Wildman–Crippen LogP) is 8.74. The maximum absolute atomic E-state index is 10.5. The van der Waals surface area contributed by atoms with E-state index in [-0.39, 0.29) is 5.24 Å². The molecule has 0 radical (unpaired) electrons. The smallest absolute Gasteiger partial charge is 0.225 e. The maximum atomic E-state index is 10.5. The van der Waals surface area contributed by atoms with E-state index in [1.165, 1.54) is 109 Å². The molecule has 0 spiro atoms. The van der Waals surface area contributed by atoms with E-state index in [2.05, 4.69) is 13.0 Å². The van der Waals surface area contributed by atoms with E-state index in [1.807, 2.05) is 6.08 Å². The van der Waals surface area contributed by atoms with Crippen LogP contribution in [0.4, 0.5) is 0 Å². The quantitative estimate of drug-likeness (QED) is 0.119. The zero-order valence-electron chi connectivity index (χ0n) is 16.9. The summed E-state index contributed by atoms with van der Waals surface area (Å²) in [5, 5.41) is -0.265. The third-order valence-corrected chi connectivity index (χ3v) is 5.07. The Hall–Kier alpha value is -0.300. The van der Waals surface area contributed by atoms with Crippen molar-refractivity contribution in [3.63, 3.8) is 0 Å². The highest BCUT2D eigenvalue weighted by atomic mass is 35.5. The van der Waals surface area contributed by atoms with Crippen LogP contribution < -0.4 is 0 Å². The topological polar surface area (TPSA) is 17.1 Å². The first kappa shape index (κ1) is 24.7. The Labute approximate surface area is 163 Å². The molecule has 0 aliphatic rings. The second-order valence-corrected chi connectivity index (χ2v) is 7.90. The molecule has 0 rings (SSSR count). The molecule has 0 N–H and O–H groups in total. The highest BCUT2D eigenvalue weighted by Gasteiger charge is 1.95. The van der Waals surface area contributed by atoms with Crippen molar-refractivity contribution in [2.45, 2.75) is 129 Å². The van der Waals surface area contributed by atoms with Crippen molar-refractivity contribution in [1.82, 2.24) is 0 Å². The maximum Gasteiger partial charge on any atom is 0.225 e. The van der Waals surface area contributed by atoms with Gasteiger partial charge in [0.15, 0.2) is 0 Å². The minimum atomic E-state index is -0.265. The summed E-state index contributed by atoms with van der Waals surface area (Å²) in [6.45, 7) is 2.29. The molecule has 0 amide bonds. The van der Waals surface area contributed by atoms with Crippen LogP contribution in [0.15, 0.2) is 12.2 Å². The van der Waals surface area contributed by atoms with Gasteiger partial charge in [0.2, 0.25) is 5.24 Å². The molecule has 0 fully saturated rings. The van der Waals surface area contributed by atoms with Crippen molar-refractivity contribution in [2.75, 3.05) is 0 Å². The second-order valence-electron chi connectivity index (χ2n) is 7.48. The normalized spacial score (nSPS) is 11.4.